The van der Waals surface area contributed by atoms with Gasteiger partial charge in [0.1, 0.15) is 0 Å². The van der Waals surface area contributed by atoms with Crippen molar-refractivity contribution in [1.29, 1.82) is 0 Å². The number of benzene rings is 1. The number of rotatable bonds is 2. The molecule has 0 radical (unpaired) electrons. The van der Waals surface area contributed by atoms with Crippen LogP contribution in [0, 0.1) is 0 Å². The normalized spacial score (nSPS) is 19.7. The lowest BCUT2D eigenvalue weighted by Gasteiger charge is -2.30. The predicted molar refractivity (Wildman–Crippen MR) is 74.9 cm³/mol. The highest BCUT2D eigenvalue weighted by Gasteiger charge is 2.34. The second kappa shape index (κ2) is 5.11. The Balaban J connectivity index is 2.38. The monoisotopic (exact) mass is 246 g/mol. The van der Waals surface area contributed by atoms with Gasteiger partial charge in [0.2, 0.25) is 5.91 Å². The maximum atomic E-state index is 12.6. The fraction of sp³-hybridized carbons (Fsp3) is 0.533. The SMILES string of the molecule is CCc1ccccc1N1CCCNC(C)(C)C1=O. The predicted octanol–water partition coefficient (Wildman–Crippen LogP) is 2.35. The molecule has 1 aromatic carbocycles. The molecule has 1 amide bonds. The highest BCUT2D eigenvalue weighted by molar-refractivity contribution is 6.00. The largest absolute Gasteiger partial charge is 0.311 e. The van der Waals surface area contributed by atoms with Gasteiger partial charge in [0.05, 0.1) is 5.54 Å². The van der Waals surface area contributed by atoms with Crippen LogP contribution in [-0.4, -0.2) is 24.5 Å². The van der Waals surface area contributed by atoms with Crippen LogP contribution in [0.5, 0.6) is 0 Å². The van der Waals surface area contributed by atoms with Crippen molar-refractivity contribution in [3.05, 3.63) is 29.8 Å². The van der Waals surface area contributed by atoms with E-state index in [1.54, 1.807) is 0 Å². The molecule has 3 heteroatoms. The summed E-state index contributed by atoms with van der Waals surface area (Å²) in [7, 11) is 0. The highest BCUT2D eigenvalue weighted by atomic mass is 16.2. The molecular formula is C15H22N2O. The number of nitrogens with one attached hydrogen (secondary N) is 1. The van der Waals surface area contributed by atoms with E-state index in [0.29, 0.717) is 0 Å². The first kappa shape index (κ1) is 13.1. The number of nitrogens with zero attached hydrogens (tertiary/aromatic N) is 1. The number of carbonyl (C=O) groups is 1. The molecule has 0 saturated carbocycles. The first-order valence-corrected chi connectivity index (χ1v) is 6.71. The van der Waals surface area contributed by atoms with E-state index in [2.05, 4.69) is 24.4 Å². The molecule has 1 aliphatic heterocycles. The summed E-state index contributed by atoms with van der Waals surface area (Å²) in [6, 6.07) is 8.20. The topological polar surface area (TPSA) is 32.3 Å². The smallest absolute Gasteiger partial charge is 0.246 e. The third-order valence-corrected chi connectivity index (χ3v) is 3.57. The number of amides is 1. The average molecular weight is 246 g/mol. The molecule has 0 aliphatic carbocycles. The summed E-state index contributed by atoms with van der Waals surface area (Å²) in [6.07, 6.45) is 1.95. The van der Waals surface area contributed by atoms with Crippen molar-refractivity contribution in [2.75, 3.05) is 18.0 Å². The van der Waals surface area contributed by atoms with Gasteiger partial charge in [-0.05, 0) is 44.9 Å². The van der Waals surface area contributed by atoms with Crippen molar-refractivity contribution < 1.29 is 4.79 Å². The van der Waals surface area contributed by atoms with Gasteiger partial charge in [-0.15, -0.1) is 0 Å². The number of hydrogen-bond acceptors (Lipinski definition) is 2. The molecular weight excluding hydrogens is 224 g/mol. The van der Waals surface area contributed by atoms with E-state index in [-0.39, 0.29) is 5.91 Å². The van der Waals surface area contributed by atoms with Crippen molar-refractivity contribution in [3.8, 4) is 0 Å². The van der Waals surface area contributed by atoms with Crippen molar-refractivity contribution in [3.63, 3.8) is 0 Å². The van der Waals surface area contributed by atoms with Crippen molar-refractivity contribution in [2.45, 2.75) is 39.2 Å². The van der Waals surface area contributed by atoms with E-state index < -0.39 is 5.54 Å². The minimum Gasteiger partial charge on any atom is -0.311 e. The number of carbonyl (C=O) groups excluding carboxylic acids is 1. The van der Waals surface area contributed by atoms with E-state index in [1.165, 1.54) is 5.56 Å². The fourth-order valence-electron chi connectivity index (χ4n) is 2.46. The number of aryl methyl sites for hydroxylation is 1. The molecule has 1 saturated heterocycles. The van der Waals surface area contributed by atoms with Gasteiger partial charge >= 0.3 is 0 Å². The van der Waals surface area contributed by atoms with Gasteiger partial charge in [-0.1, -0.05) is 25.1 Å². The molecule has 0 atom stereocenters. The van der Waals surface area contributed by atoms with Gasteiger partial charge in [-0.25, -0.2) is 0 Å². The van der Waals surface area contributed by atoms with E-state index in [4.69, 9.17) is 0 Å². The Kier molecular flexibility index (Phi) is 3.71. The highest BCUT2D eigenvalue weighted by Crippen LogP contribution is 2.25. The third kappa shape index (κ3) is 2.41. The van der Waals surface area contributed by atoms with Crippen LogP contribution in [0.25, 0.3) is 0 Å². The summed E-state index contributed by atoms with van der Waals surface area (Å²) in [5.41, 5.74) is 1.84. The Hall–Kier alpha value is -1.35. The summed E-state index contributed by atoms with van der Waals surface area (Å²) in [4.78, 5) is 14.5. The van der Waals surface area contributed by atoms with Gasteiger partial charge in [0.25, 0.3) is 0 Å². The molecule has 2 rings (SSSR count). The Morgan fingerprint density at radius 1 is 1.33 bits per heavy atom. The van der Waals surface area contributed by atoms with E-state index in [0.717, 1.165) is 31.6 Å². The molecule has 1 heterocycles. The van der Waals surface area contributed by atoms with Crippen molar-refractivity contribution in [2.24, 2.45) is 0 Å². The van der Waals surface area contributed by atoms with Crippen LogP contribution in [0.2, 0.25) is 0 Å². The maximum absolute atomic E-state index is 12.6. The van der Waals surface area contributed by atoms with Crippen LogP contribution >= 0.6 is 0 Å². The zero-order valence-corrected chi connectivity index (χ0v) is 11.5. The first-order chi connectivity index (χ1) is 8.56. The molecule has 1 aliphatic rings. The van der Waals surface area contributed by atoms with E-state index in [9.17, 15) is 4.79 Å². The molecule has 0 bridgehead atoms. The van der Waals surface area contributed by atoms with Crippen molar-refractivity contribution in [1.82, 2.24) is 5.32 Å². The lowest BCUT2D eigenvalue weighted by molar-refractivity contribution is -0.123. The van der Waals surface area contributed by atoms with Gasteiger partial charge in [-0.2, -0.15) is 0 Å². The van der Waals surface area contributed by atoms with Crippen LogP contribution in [-0.2, 0) is 11.2 Å². The number of para-hydroxylation sites is 1. The third-order valence-electron chi connectivity index (χ3n) is 3.57. The van der Waals surface area contributed by atoms with Crippen LogP contribution in [0.4, 0.5) is 5.69 Å². The summed E-state index contributed by atoms with van der Waals surface area (Å²) in [5.74, 6) is 0.168. The Labute approximate surface area is 109 Å². The standard InChI is InChI=1S/C15H22N2O/c1-4-12-8-5-6-9-13(12)17-11-7-10-16-15(2,3)14(17)18/h5-6,8-9,16H,4,7,10-11H2,1-3H3. The minimum atomic E-state index is -0.475. The van der Waals surface area contributed by atoms with E-state index >= 15 is 0 Å². The Bertz CT molecular complexity index is 440. The van der Waals surface area contributed by atoms with Gasteiger partial charge in [-0.3, -0.25) is 4.79 Å². The summed E-state index contributed by atoms with van der Waals surface area (Å²) >= 11 is 0. The zero-order valence-electron chi connectivity index (χ0n) is 11.5. The molecule has 3 nitrogen and oxygen atoms in total. The van der Waals surface area contributed by atoms with Crippen LogP contribution in [0.3, 0.4) is 0 Å². The van der Waals surface area contributed by atoms with Crippen molar-refractivity contribution >= 4 is 11.6 Å². The van der Waals surface area contributed by atoms with Gasteiger partial charge in [0, 0.05) is 12.2 Å². The van der Waals surface area contributed by atoms with Crippen LogP contribution < -0.4 is 10.2 Å². The fourth-order valence-corrected chi connectivity index (χ4v) is 2.46. The quantitative estimate of drug-likeness (QED) is 0.868. The first-order valence-electron chi connectivity index (χ1n) is 6.71. The number of anilines is 1. The van der Waals surface area contributed by atoms with E-state index in [1.807, 2.05) is 30.9 Å². The summed E-state index contributed by atoms with van der Waals surface area (Å²) in [5, 5.41) is 3.32. The molecule has 0 aromatic heterocycles. The minimum absolute atomic E-state index is 0.168. The van der Waals surface area contributed by atoms with Gasteiger partial charge < -0.3 is 10.2 Å². The maximum Gasteiger partial charge on any atom is 0.246 e. The Morgan fingerprint density at radius 3 is 2.78 bits per heavy atom. The molecule has 0 unspecified atom stereocenters. The second-order valence-corrected chi connectivity index (χ2v) is 5.34. The molecule has 0 spiro atoms. The molecule has 1 fully saturated rings. The number of hydrogen-bond donors (Lipinski definition) is 1. The van der Waals surface area contributed by atoms with Crippen LogP contribution in [0.15, 0.2) is 24.3 Å². The van der Waals surface area contributed by atoms with Gasteiger partial charge in [0.15, 0.2) is 0 Å². The molecule has 98 valence electrons. The average Bonchev–Trinajstić information content (AvgIpc) is 2.50. The molecule has 18 heavy (non-hydrogen) atoms. The lowest BCUT2D eigenvalue weighted by atomic mass is 10.0. The Morgan fingerprint density at radius 2 is 2.06 bits per heavy atom. The zero-order chi connectivity index (χ0) is 13.2. The molecule has 1 N–H and O–H groups in total. The summed E-state index contributed by atoms with van der Waals surface area (Å²) < 4.78 is 0. The second-order valence-electron chi connectivity index (χ2n) is 5.34. The molecule has 1 aromatic rings. The lowest BCUT2D eigenvalue weighted by Crippen LogP contribution is -2.52. The summed E-state index contributed by atoms with van der Waals surface area (Å²) in [6.45, 7) is 7.74. The van der Waals surface area contributed by atoms with Crippen LogP contribution in [0.1, 0.15) is 32.8 Å².